The fourth-order valence-corrected chi connectivity index (χ4v) is 3.53. The van der Waals surface area contributed by atoms with Crippen LogP contribution in [0.1, 0.15) is 24.8 Å². The zero-order valence-corrected chi connectivity index (χ0v) is 13.2. The van der Waals surface area contributed by atoms with E-state index in [1.54, 1.807) is 14.2 Å². The van der Waals surface area contributed by atoms with Crippen LogP contribution in [0.15, 0.2) is 24.3 Å². The summed E-state index contributed by atoms with van der Waals surface area (Å²) in [5.41, 5.74) is 1.29. The third-order valence-electron chi connectivity index (χ3n) is 4.75. The van der Waals surface area contributed by atoms with Crippen molar-refractivity contribution >= 4 is 5.91 Å². The molecule has 0 spiro atoms. The first-order chi connectivity index (χ1) is 10.7. The highest BCUT2D eigenvalue weighted by molar-refractivity contribution is 5.80. The molecule has 5 heteroatoms. The number of hydrogen-bond donors (Lipinski definition) is 1. The van der Waals surface area contributed by atoms with Crippen molar-refractivity contribution in [3.05, 3.63) is 29.8 Å². The van der Waals surface area contributed by atoms with Crippen LogP contribution in [0.3, 0.4) is 0 Å². The first-order valence-electron chi connectivity index (χ1n) is 7.95. The lowest BCUT2D eigenvalue weighted by Gasteiger charge is -2.35. The van der Waals surface area contributed by atoms with E-state index in [4.69, 9.17) is 9.47 Å². The fraction of sp³-hybridized carbons (Fsp3) is 0.588. The molecule has 0 aromatic heterocycles. The van der Waals surface area contributed by atoms with Crippen LogP contribution in [0.5, 0.6) is 5.75 Å². The van der Waals surface area contributed by atoms with Crippen molar-refractivity contribution in [1.82, 2.24) is 10.2 Å². The molecule has 1 aromatic rings. The molecule has 2 fully saturated rings. The Bertz CT molecular complexity index is 517. The average molecular weight is 304 g/mol. The van der Waals surface area contributed by atoms with Crippen LogP contribution in [-0.4, -0.2) is 49.8 Å². The Kier molecular flexibility index (Phi) is 4.64. The second kappa shape index (κ2) is 6.67. The Morgan fingerprint density at radius 3 is 2.77 bits per heavy atom. The number of ether oxygens (including phenoxy) is 2. The molecule has 0 aliphatic carbocycles. The molecule has 120 valence electrons. The van der Waals surface area contributed by atoms with Crippen molar-refractivity contribution in [2.45, 2.75) is 44.1 Å². The van der Waals surface area contributed by atoms with Crippen LogP contribution in [-0.2, 0) is 16.1 Å². The molecule has 2 aliphatic rings. The topological polar surface area (TPSA) is 50.8 Å². The summed E-state index contributed by atoms with van der Waals surface area (Å²) in [5.74, 6) is 0.893. The average Bonchev–Trinajstić information content (AvgIpc) is 2.97. The second-order valence-corrected chi connectivity index (χ2v) is 6.03. The molecule has 22 heavy (non-hydrogen) atoms. The number of methoxy groups -OCH3 is 1. The number of hydrogen-bond acceptors (Lipinski definition) is 4. The number of likely N-dealkylation sites (tertiary alicyclic amines) is 1. The van der Waals surface area contributed by atoms with Crippen molar-refractivity contribution in [1.29, 1.82) is 0 Å². The Labute approximate surface area is 131 Å². The number of likely N-dealkylation sites (N-methyl/N-ethyl adjacent to an activating group) is 1. The van der Waals surface area contributed by atoms with Gasteiger partial charge in [-0.1, -0.05) is 12.1 Å². The van der Waals surface area contributed by atoms with Crippen molar-refractivity contribution in [2.75, 3.05) is 20.7 Å². The molecule has 2 aliphatic heterocycles. The lowest BCUT2D eigenvalue weighted by atomic mass is 9.98. The summed E-state index contributed by atoms with van der Waals surface area (Å²) in [6.45, 7) is 1.96. The first kappa shape index (κ1) is 15.3. The summed E-state index contributed by atoms with van der Waals surface area (Å²) in [4.78, 5) is 14.2. The summed E-state index contributed by atoms with van der Waals surface area (Å²) < 4.78 is 11.2. The van der Waals surface area contributed by atoms with Gasteiger partial charge in [-0.25, -0.2) is 0 Å². The highest BCUT2D eigenvalue weighted by Crippen LogP contribution is 2.32. The monoisotopic (exact) mass is 304 g/mol. The van der Waals surface area contributed by atoms with Crippen LogP contribution in [0.4, 0.5) is 0 Å². The molecule has 1 N–H and O–H groups in total. The SMILES string of the molecule is CNC(=O)[C@@H]1CC[C@@H]2[C@@H](CCN2Cc2ccc(OC)cc2)O1. The molecular weight excluding hydrogens is 280 g/mol. The minimum Gasteiger partial charge on any atom is -0.497 e. The zero-order valence-electron chi connectivity index (χ0n) is 13.2. The molecular formula is C17H24N2O3. The molecule has 2 saturated heterocycles. The number of rotatable bonds is 4. The standard InChI is InChI=1S/C17H24N2O3/c1-18-17(20)16-8-7-14-15(22-16)9-10-19(14)11-12-3-5-13(21-2)6-4-12/h3-6,14-16H,7-11H2,1-2H3,(H,18,20)/t14-,15-,16+/m1/s1. The molecule has 1 amide bonds. The predicted octanol–water partition coefficient (Wildman–Crippen LogP) is 1.56. The van der Waals surface area contributed by atoms with Crippen LogP contribution < -0.4 is 10.1 Å². The maximum atomic E-state index is 11.7. The van der Waals surface area contributed by atoms with Gasteiger partial charge < -0.3 is 14.8 Å². The normalized spacial score (nSPS) is 28.2. The van der Waals surface area contributed by atoms with Gasteiger partial charge in [0.2, 0.25) is 5.91 Å². The van der Waals surface area contributed by atoms with Gasteiger partial charge in [-0.15, -0.1) is 0 Å². The minimum absolute atomic E-state index is 0.00653. The molecule has 1 aromatic carbocycles. The van der Waals surface area contributed by atoms with Crippen molar-refractivity contribution in [3.63, 3.8) is 0 Å². The van der Waals surface area contributed by atoms with Gasteiger partial charge in [0, 0.05) is 26.2 Å². The van der Waals surface area contributed by atoms with Gasteiger partial charge in [0.05, 0.1) is 13.2 Å². The van der Waals surface area contributed by atoms with E-state index in [0.29, 0.717) is 6.04 Å². The largest absolute Gasteiger partial charge is 0.497 e. The van der Waals surface area contributed by atoms with Gasteiger partial charge in [0.25, 0.3) is 0 Å². The number of fused-ring (bicyclic) bond motifs is 1. The number of nitrogens with one attached hydrogen (secondary N) is 1. The van der Waals surface area contributed by atoms with Gasteiger partial charge in [-0.3, -0.25) is 9.69 Å². The quantitative estimate of drug-likeness (QED) is 0.917. The van der Waals surface area contributed by atoms with Gasteiger partial charge in [0.1, 0.15) is 11.9 Å². The van der Waals surface area contributed by atoms with Crippen molar-refractivity contribution in [2.24, 2.45) is 0 Å². The Morgan fingerprint density at radius 2 is 2.09 bits per heavy atom. The molecule has 3 rings (SSSR count). The Balaban J connectivity index is 1.60. The lowest BCUT2D eigenvalue weighted by molar-refractivity contribution is -0.143. The molecule has 5 nitrogen and oxygen atoms in total. The van der Waals surface area contributed by atoms with Gasteiger partial charge >= 0.3 is 0 Å². The van der Waals surface area contributed by atoms with E-state index in [0.717, 1.165) is 38.1 Å². The van der Waals surface area contributed by atoms with E-state index in [1.807, 2.05) is 12.1 Å². The molecule has 0 saturated carbocycles. The van der Waals surface area contributed by atoms with E-state index in [-0.39, 0.29) is 18.1 Å². The fourth-order valence-electron chi connectivity index (χ4n) is 3.53. The molecule has 0 bridgehead atoms. The molecule has 0 radical (unpaired) electrons. The number of carbonyl (C=O) groups is 1. The maximum absolute atomic E-state index is 11.7. The summed E-state index contributed by atoms with van der Waals surface area (Å²) in [7, 11) is 3.35. The summed E-state index contributed by atoms with van der Waals surface area (Å²) >= 11 is 0. The molecule has 3 atom stereocenters. The molecule has 0 unspecified atom stereocenters. The van der Waals surface area contributed by atoms with Gasteiger partial charge in [0.15, 0.2) is 0 Å². The molecule has 2 heterocycles. The van der Waals surface area contributed by atoms with E-state index >= 15 is 0 Å². The van der Waals surface area contributed by atoms with E-state index < -0.39 is 0 Å². The predicted molar refractivity (Wildman–Crippen MR) is 83.8 cm³/mol. The van der Waals surface area contributed by atoms with Crippen molar-refractivity contribution < 1.29 is 14.3 Å². The number of amides is 1. The summed E-state index contributed by atoms with van der Waals surface area (Å²) in [6, 6.07) is 8.67. The zero-order chi connectivity index (χ0) is 15.5. The number of benzene rings is 1. The third-order valence-corrected chi connectivity index (χ3v) is 4.75. The van der Waals surface area contributed by atoms with Crippen LogP contribution >= 0.6 is 0 Å². The lowest BCUT2D eigenvalue weighted by Crippen LogP contribution is -2.47. The van der Waals surface area contributed by atoms with Gasteiger partial charge in [-0.05, 0) is 37.0 Å². The van der Waals surface area contributed by atoms with Gasteiger partial charge in [-0.2, -0.15) is 0 Å². The van der Waals surface area contributed by atoms with Crippen LogP contribution in [0.25, 0.3) is 0 Å². The second-order valence-electron chi connectivity index (χ2n) is 6.03. The highest BCUT2D eigenvalue weighted by Gasteiger charge is 2.41. The summed E-state index contributed by atoms with van der Waals surface area (Å²) in [6.07, 6.45) is 2.76. The Hall–Kier alpha value is -1.59. The summed E-state index contributed by atoms with van der Waals surface area (Å²) in [5, 5.41) is 2.69. The highest BCUT2D eigenvalue weighted by atomic mass is 16.5. The number of carbonyl (C=O) groups excluding carboxylic acids is 1. The first-order valence-corrected chi connectivity index (χ1v) is 7.95. The van der Waals surface area contributed by atoms with E-state index in [2.05, 4.69) is 22.3 Å². The third kappa shape index (κ3) is 3.10. The minimum atomic E-state index is -0.271. The number of nitrogens with zero attached hydrogens (tertiary/aromatic N) is 1. The maximum Gasteiger partial charge on any atom is 0.248 e. The van der Waals surface area contributed by atoms with Crippen LogP contribution in [0, 0.1) is 0 Å². The smallest absolute Gasteiger partial charge is 0.248 e. The van der Waals surface area contributed by atoms with Crippen LogP contribution in [0.2, 0.25) is 0 Å². The Morgan fingerprint density at radius 1 is 1.32 bits per heavy atom. The van der Waals surface area contributed by atoms with E-state index in [9.17, 15) is 4.79 Å². The van der Waals surface area contributed by atoms with E-state index in [1.165, 1.54) is 5.56 Å². The van der Waals surface area contributed by atoms with Crippen molar-refractivity contribution in [3.8, 4) is 5.75 Å².